The molecule has 0 aromatic heterocycles. The van der Waals surface area contributed by atoms with Crippen molar-refractivity contribution in [2.45, 2.75) is 39.5 Å². The van der Waals surface area contributed by atoms with Gasteiger partial charge in [-0.15, -0.1) is 0 Å². The zero-order valence-corrected chi connectivity index (χ0v) is 9.16. The van der Waals surface area contributed by atoms with Crippen molar-refractivity contribution in [3.63, 3.8) is 0 Å². The Bertz CT molecular complexity index is 192. The second-order valence-electron chi connectivity index (χ2n) is 3.14. The fourth-order valence-electron chi connectivity index (χ4n) is 1.04. The van der Waals surface area contributed by atoms with Gasteiger partial charge in [-0.2, -0.15) is 0 Å². The zero-order chi connectivity index (χ0) is 10.6. The molecular formula is C12H20O2. The van der Waals surface area contributed by atoms with Crippen LogP contribution in [0.1, 0.15) is 39.5 Å². The molecule has 0 saturated heterocycles. The van der Waals surface area contributed by atoms with Crippen molar-refractivity contribution in [2.75, 3.05) is 6.61 Å². The quantitative estimate of drug-likeness (QED) is 0.355. The van der Waals surface area contributed by atoms with Crippen LogP contribution in [-0.2, 0) is 9.53 Å². The van der Waals surface area contributed by atoms with E-state index in [0.717, 1.165) is 25.7 Å². The highest BCUT2D eigenvalue weighted by Gasteiger charge is 1.91. The lowest BCUT2D eigenvalue weighted by Crippen LogP contribution is -1.99. The van der Waals surface area contributed by atoms with Crippen LogP contribution in [0.5, 0.6) is 0 Å². The van der Waals surface area contributed by atoms with Crippen LogP contribution in [0.15, 0.2) is 24.3 Å². The molecule has 0 aliphatic heterocycles. The van der Waals surface area contributed by atoms with Crippen molar-refractivity contribution in [3.8, 4) is 0 Å². The molecule has 0 saturated carbocycles. The molecule has 0 rings (SSSR count). The molecule has 0 aliphatic rings. The molecule has 0 atom stereocenters. The minimum absolute atomic E-state index is 0.182. The van der Waals surface area contributed by atoms with Gasteiger partial charge in [-0.25, -0.2) is 0 Å². The van der Waals surface area contributed by atoms with Crippen LogP contribution >= 0.6 is 0 Å². The van der Waals surface area contributed by atoms with Gasteiger partial charge in [-0.3, -0.25) is 4.79 Å². The van der Waals surface area contributed by atoms with Crippen molar-refractivity contribution in [1.29, 1.82) is 0 Å². The van der Waals surface area contributed by atoms with E-state index in [9.17, 15) is 4.79 Å². The Morgan fingerprint density at radius 3 is 2.64 bits per heavy atom. The highest BCUT2D eigenvalue weighted by molar-refractivity contribution is 5.65. The van der Waals surface area contributed by atoms with Crippen LogP contribution in [0.4, 0.5) is 0 Å². The van der Waals surface area contributed by atoms with Crippen molar-refractivity contribution in [3.05, 3.63) is 24.3 Å². The molecule has 2 nitrogen and oxygen atoms in total. The first-order valence-electron chi connectivity index (χ1n) is 5.18. The summed E-state index contributed by atoms with van der Waals surface area (Å²) in [5, 5.41) is 0. The summed E-state index contributed by atoms with van der Waals surface area (Å²) < 4.78 is 4.82. The van der Waals surface area contributed by atoms with Gasteiger partial charge in [0.25, 0.3) is 0 Å². The molecule has 0 aromatic rings. The van der Waals surface area contributed by atoms with Crippen molar-refractivity contribution < 1.29 is 9.53 Å². The first-order chi connectivity index (χ1) is 6.77. The third-order valence-corrected chi connectivity index (χ3v) is 1.76. The molecule has 0 aromatic carbocycles. The number of rotatable bonds is 7. The van der Waals surface area contributed by atoms with E-state index < -0.39 is 0 Å². The summed E-state index contributed by atoms with van der Waals surface area (Å²) in [6, 6.07) is 0. The number of unbranched alkanes of at least 4 members (excludes halogenated alkanes) is 3. The molecule has 0 radical (unpaired) electrons. The first kappa shape index (κ1) is 12.9. The topological polar surface area (TPSA) is 26.3 Å². The second-order valence-corrected chi connectivity index (χ2v) is 3.14. The van der Waals surface area contributed by atoms with Gasteiger partial charge in [-0.1, -0.05) is 24.3 Å². The zero-order valence-electron chi connectivity index (χ0n) is 9.16. The molecule has 0 fully saturated rings. The van der Waals surface area contributed by atoms with E-state index in [2.05, 4.69) is 12.2 Å². The smallest absolute Gasteiger partial charge is 0.302 e. The molecule has 80 valence electrons. The van der Waals surface area contributed by atoms with Gasteiger partial charge >= 0.3 is 5.97 Å². The van der Waals surface area contributed by atoms with E-state index in [4.69, 9.17) is 4.74 Å². The molecule has 0 amide bonds. The van der Waals surface area contributed by atoms with Crippen LogP contribution in [0.3, 0.4) is 0 Å². The number of esters is 1. The fraction of sp³-hybridized carbons (Fsp3) is 0.583. The maximum absolute atomic E-state index is 10.4. The Balaban J connectivity index is 3.10. The Labute approximate surface area is 86.6 Å². The molecule has 0 N–H and O–H groups in total. The molecule has 0 spiro atoms. The number of hydrogen-bond donors (Lipinski definition) is 0. The molecule has 2 heteroatoms. The minimum Gasteiger partial charge on any atom is -0.466 e. The second kappa shape index (κ2) is 10.0. The molecule has 0 bridgehead atoms. The van der Waals surface area contributed by atoms with E-state index >= 15 is 0 Å². The van der Waals surface area contributed by atoms with Crippen molar-refractivity contribution >= 4 is 5.97 Å². The number of allylic oxidation sites excluding steroid dienone is 4. The third kappa shape index (κ3) is 11.0. The van der Waals surface area contributed by atoms with Crippen LogP contribution in [0.25, 0.3) is 0 Å². The summed E-state index contributed by atoms with van der Waals surface area (Å²) in [6.07, 6.45) is 12.6. The van der Waals surface area contributed by atoms with Crippen LogP contribution in [0, 0.1) is 0 Å². The average Bonchev–Trinajstić information content (AvgIpc) is 2.15. The monoisotopic (exact) mass is 196 g/mol. The Kier molecular flexibility index (Phi) is 9.28. The lowest BCUT2D eigenvalue weighted by Gasteiger charge is -1.99. The maximum atomic E-state index is 10.4. The van der Waals surface area contributed by atoms with Crippen molar-refractivity contribution in [1.82, 2.24) is 0 Å². The van der Waals surface area contributed by atoms with Gasteiger partial charge in [0.15, 0.2) is 0 Å². The van der Waals surface area contributed by atoms with Gasteiger partial charge in [0.2, 0.25) is 0 Å². The largest absolute Gasteiger partial charge is 0.466 e. The summed E-state index contributed by atoms with van der Waals surface area (Å²) in [5.41, 5.74) is 0. The molecule has 14 heavy (non-hydrogen) atoms. The molecular weight excluding hydrogens is 176 g/mol. The van der Waals surface area contributed by atoms with E-state index in [1.54, 1.807) is 0 Å². The normalized spacial score (nSPS) is 11.3. The molecule has 0 unspecified atom stereocenters. The number of carbonyl (C=O) groups is 1. The summed E-state index contributed by atoms with van der Waals surface area (Å²) >= 11 is 0. The van der Waals surface area contributed by atoms with Crippen LogP contribution < -0.4 is 0 Å². The van der Waals surface area contributed by atoms with Gasteiger partial charge in [-0.05, 0) is 32.6 Å². The molecule has 0 heterocycles. The van der Waals surface area contributed by atoms with Gasteiger partial charge in [0.05, 0.1) is 6.61 Å². The summed E-state index contributed by atoms with van der Waals surface area (Å²) in [4.78, 5) is 10.4. The van der Waals surface area contributed by atoms with Crippen LogP contribution in [0.2, 0.25) is 0 Å². The highest BCUT2D eigenvalue weighted by Crippen LogP contribution is 2.01. The van der Waals surface area contributed by atoms with E-state index in [1.807, 2.05) is 19.1 Å². The predicted octanol–water partition coefficient (Wildman–Crippen LogP) is 3.24. The van der Waals surface area contributed by atoms with Crippen molar-refractivity contribution in [2.24, 2.45) is 0 Å². The minimum atomic E-state index is -0.182. The Morgan fingerprint density at radius 1 is 1.21 bits per heavy atom. The van der Waals surface area contributed by atoms with E-state index in [1.165, 1.54) is 6.92 Å². The number of ether oxygens (including phenoxy) is 1. The number of carbonyl (C=O) groups excluding carboxylic acids is 1. The lowest BCUT2D eigenvalue weighted by molar-refractivity contribution is -0.141. The van der Waals surface area contributed by atoms with Gasteiger partial charge in [0, 0.05) is 6.92 Å². The third-order valence-electron chi connectivity index (χ3n) is 1.76. The van der Waals surface area contributed by atoms with E-state index in [-0.39, 0.29) is 5.97 Å². The standard InChI is InChI=1S/C12H20O2/c1-3-4-5-6-7-8-9-10-11-14-12(2)13/h3-6H,7-11H2,1-2H3/b4-3+,6-5+. The maximum Gasteiger partial charge on any atom is 0.302 e. The summed E-state index contributed by atoms with van der Waals surface area (Å²) in [7, 11) is 0. The summed E-state index contributed by atoms with van der Waals surface area (Å²) in [6.45, 7) is 4.01. The van der Waals surface area contributed by atoms with Gasteiger partial charge < -0.3 is 4.74 Å². The Morgan fingerprint density at radius 2 is 2.00 bits per heavy atom. The molecule has 0 aliphatic carbocycles. The van der Waals surface area contributed by atoms with E-state index in [0.29, 0.717) is 6.61 Å². The fourth-order valence-corrected chi connectivity index (χ4v) is 1.04. The summed E-state index contributed by atoms with van der Waals surface area (Å²) in [5.74, 6) is -0.182. The predicted molar refractivity (Wildman–Crippen MR) is 59.1 cm³/mol. The lowest BCUT2D eigenvalue weighted by atomic mass is 10.2. The van der Waals surface area contributed by atoms with Gasteiger partial charge in [0.1, 0.15) is 0 Å². The first-order valence-corrected chi connectivity index (χ1v) is 5.18. The Hall–Kier alpha value is -1.05. The average molecular weight is 196 g/mol. The highest BCUT2D eigenvalue weighted by atomic mass is 16.5. The SMILES string of the molecule is C/C=C/C=C/CCCCCOC(C)=O. The number of hydrogen-bond acceptors (Lipinski definition) is 2. The van der Waals surface area contributed by atoms with Crippen LogP contribution in [-0.4, -0.2) is 12.6 Å².